The maximum atomic E-state index is 5.87. The Morgan fingerprint density at radius 1 is 1.47 bits per heavy atom. The highest BCUT2D eigenvalue weighted by molar-refractivity contribution is 9.10. The van der Waals surface area contributed by atoms with Crippen molar-refractivity contribution in [2.24, 2.45) is 0 Å². The van der Waals surface area contributed by atoms with Crippen molar-refractivity contribution in [1.29, 1.82) is 0 Å². The van der Waals surface area contributed by atoms with E-state index in [9.17, 15) is 0 Å². The first-order valence-electron chi connectivity index (χ1n) is 5.39. The number of anilines is 1. The second-order valence-corrected chi connectivity index (χ2v) is 4.47. The van der Waals surface area contributed by atoms with E-state index in [0.29, 0.717) is 19.0 Å². The van der Waals surface area contributed by atoms with E-state index in [0.717, 1.165) is 15.8 Å². The van der Waals surface area contributed by atoms with Crippen LogP contribution in [0.4, 0.5) is 5.82 Å². The lowest BCUT2D eigenvalue weighted by Crippen LogP contribution is -2.06. The van der Waals surface area contributed by atoms with Gasteiger partial charge in [0.05, 0.1) is 23.8 Å². The number of ether oxygens (including phenoxy) is 1. The van der Waals surface area contributed by atoms with Gasteiger partial charge in [-0.05, 0) is 40.5 Å². The van der Waals surface area contributed by atoms with Gasteiger partial charge in [-0.25, -0.2) is 4.68 Å². The summed E-state index contributed by atoms with van der Waals surface area (Å²) in [5.41, 5.74) is 6.98. The number of rotatable bonds is 4. The molecule has 5 heteroatoms. The van der Waals surface area contributed by atoms with E-state index in [1.54, 1.807) is 10.9 Å². The molecule has 0 aliphatic heterocycles. The van der Waals surface area contributed by atoms with E-state index < -0.39 is 0 Å². The van der Waals surface area contributed by atoms with Crippen molar-refractivity contribution >= 4 is 21.7 Å². The van der Waals surface area contributed by atoms with Gasteiger partial charge in [0.25, 0.3) is 0 Å². The Balaban J connectivity index is 2.18. The number of hydrogen-bond acceptors (Lipinski definition) is 3. The van der Waals surface area contributed by atoms with Crippen LogP contribution in [0.3, 0.4) is 0 Å². The molecule has 0 amide bonds. The third kappa shape index (κ3) is 2.79. The monoisotopic (exact) mass is 295 g/mol. The van der Waals surface area contributed by atoms with E-state index in [1.807, 2.05) is 31.2 Å². The normalized spacial score (nSPS) is 10.5. The summed E-state index contributed by atoms with van der Waals surface area (Å²) in [4.78, 5) is 0. The van der Waals surface area contributed by atoms with Crippen LogP contribution in [-0.4, -0.2) is 16.4 Å². The number of hydrogen-bond donors (Lipinski definition) is 1. The van der Waals surface area contributed by atoms with E-state index >= 15 is 0 Å². The molecule has 0 aliphatic rings. The average molecular weight is 296 g/mol. The number of nitrogen functional groups attached to an aromatic ring is 1. The number of nitrogens with two attached hydrogens (primary N) is 1. The highest BCUT2D eigenvalue weighted by Crippen LogP contribution is 2.20. The van der Waals surface area contributed by atoms with Gasteiger partial charge >= 0.3 is 0 Å². The Bertz CT molecular complexity index is 510. The number of benzene rings is 1. The van der Waals surface area contributed by atoms with Crippen LogP contribution in [-0.2, 0) is 6.54 Å². The van der Waals surface area contributed by atoms with Crippen molar-refractivity contribution in [1.82, 2.24) is 9.78 Å². The molecular formula is C12H14BrN3O. The molecule has 1 aromatic carbocycles. The van der Waals surface area contributed by atoms with Crippen molar-refractivity contribution in [3.8, 4) is 5.75 Å². The van der Waals surface area contributed by atoms with E-state index in [2.05, 4.69) is 21.0 Å². The van der Waals surface area contributed by atoms with Gasteiger partial charge in [0.2, 0.25) is 0 Å². The van der Waals surface area contributed by atoms with Gasteiger partial charge in [0.15, 0.2) is 0 Å². The molecule has 0 fully saturated rings. The molecule has 0 bridgehead atoms. The molecule has 2 N–H and O–H groups in total. The second-order valence-electron chi connectivity index (χ2n) is 3.62. The van der Waals surface area contributed by atoms with Gasteiger partial charge in [-0.3, -0.25) is 0 Å². The summed E-state index contributed by atoms with van der Waals surface area (Å²) in [6, 6.07) is 7.93. The fourth-order valence-electron chi connectivity index (χ4n) is 1.57. The predicted molar refractivity (Wildman–Crippen MR) is 71.1 cm³/mol. The first-order valence-corrected chi connectivity index (χ1v) is 6.18. The quantitative estimate of drug-likeness (QED) is 0.943. The van der Waals surface area contributed by atoms with Gasteiger partial charge < -0.3 is 10.5 Å². The van der Waals surface area contributed by atoms with E-state index in [-0.39, 0.29) is 0 Å². The molecule has 1 aromatic heterocycles. The minimum Gasteiger partial charge on any atom is -0.494 e. The van der Waals surface area contributed by atoms with Crippen LogP contribution in [0.25, 0.3) is 0 Å². The maximum absolute atomic E-state index is 5.87. The smallest absolute Gasteiger partial charge is 0.136 e. The minimum absolute atomic E-state index is 0.631. The summed E-state index contributed by atoms with van der Waals surface area (Å²) in [6.07, 6.45) is 1.70. The fourth-order valence-corrected chi connectivity index (χ4v) is 1.87. The summed E-state index contributed by atoms with van der Waals surface area (Å²) in [5.74, 6) is 1.50. The number of aromatic nitrogens is 2. The molecule has 2 aromatic rings. The van der Waals surface area contributed by atoms with Gasteiger partial charge in [-0.1, -0.05) is 12.1 Å². The summed E-state index contributed by atoms with van der Waals surface area (Å²) < 4.78 is 8.01. The topological polar surface area (TPSA) is 53.1 Å². The Kier molecular flexibility index (Phi) is 3.68. The molecule has 4 nitrogen and oxygen atoms in total. The lowest BCUT2D eigenvalue weighted by molar-refractivity contribution is 0.340. The zero-order valence-electron chi connectivity index (χ0n) is 9.56. The van der Waals surface area contributed by atoms with Crippen LogP contribution in [0.2, 0.25) is 0 Å². The zero-order valence-corrected chi connectivity index (χ0v) is 11.1. The summed E-state index contributed by atoms with van der Waals surface area (Å²) >= 11 is 3.34. The second kappa shape index (κ2) is 5.23. The molecule has 2 rings (SSSR count). The Hall–Kier alpha value is -1.49. The highest BCUT2D eigenvalue weighted by Gasteiger charge is 2.05. The SMILES string of the molecule is CCOc1cccc(Cn2ncc(Br)c2N)c1. The van der Waals surface area contributed by atoms with Crippen molar-refractivity contribution in [3.63, 3.8) is 0 Å². The minimum atomic E-state index is 0.631. The first kappa shape index (κ1) is 12.0. The predicted octanol–water partition coefficient (Wildman–Crippen LogP) is 2.67. The van der Waals surface area contributed by atoms with Gasteiger partial charge in [-0.2, -0.15) is 5.10 Å². The largest absolute Gasteiger partial charge is 0.494 e. The molecule has 0 saturated heterocycles. The summed E-state index contributed by atoms with van der Waals surface area (Å²) in [6.45, 7) is 3.27. The van der Waals surface area contributed by atoms with Crippen molar-refractivity contribution in [2.75, 3.05) is 12.3 Å². The molecule has 0 atom stereocenters. The van der Waals surface area contributed by atoms with Gasteiger partial charge in [0.1, 0.15) is 11.6 Å². The van der Waals surface area contributed by atoms with Crippen LogP contribution in [0.1, 0.15) is 12.5 Å². The fraction of sp³-hybridized carbons (Fsp3) is 0.250. The Morgan fingerprint density at radius 3 is 2.94 bits per heavy atom. The maximum Gasteiger partial charge on any atom is 0.136 e. The van der Waals surface area contributed by atoms with Crippen LogP contribution < -0.4 is 10.5 Å². The van der Waals surface area contributed by atoms with Crippen LogP contribution in [0, 0.1) is 0 Å². The number of halogens is 1. The molecule has 17 heavy (non-hydrogen) atoms. The zero-order chi connectivity index (χ0) is 12.3. The third-order valence-electron chi connectivity index (χ3n) is 2.38. The summed E-state index contributed by atoms with van der Waals surface area (Å²) in [7, 11) is 0. The van der Waals surface area contributed by atoms with E-state index in [4.69, 9.17) is 10.5 Å². The van der Waals surface area contributed by atoms with Crippen LogP contribution in [0.5, 0.6) is 5.75 Å². The lowest BCUT2D eigenvalue weighted by atomic mass is 10.2. The molecule has 0 aliphatic carbocycles. The molecule has 0 spiro atoms. The third-order valence-corrected chi connectivity index (χ3v) is 2.99. The van der Waals surface area contributed by atoms with Gasteiger partial charge in [0, 0.05) is 0 Å². The van der Waals surface area contributed by atoms with E-state index in [1.165, 1.54) is 0 Å². The molecule has 90 valence electrons. The van der Waals surface area contributed by atoms with Gasteiger partial charge in [-0.15, -0.1) is 0 Å². The Labute approximate surface area is 109 Å². The summed E-state index contributed by atoms with van der Waals surface area (Å²) in [5, 5.41) is 4.19. The lowest BCUT2D eigenvalue weighted by Gasteiger charge is -2.07. The highest BCUT2D eigenvalue weighted by atomic mass is 79.9. The Morgan fingerprint density at radius 2 is 2.29 bits per heavy atom. The van der Waals surface area contributed by atoms with Crippen LogP contribution >= 0.6 is 15.9 Å². The van der Waals surface area contributed by atoms with Crippen molar-refractivity contribution in [3.05, 3.63) is 40.5 Å². The standard InChI is InChI=1S/C12H14BrN3O/c1-2-17-10-5-3-4-9(6-10)8-16-12(14)11(13)7-15-16/h3-7H,2,8,14H2,1H3. The average Bonchev–Trinajstić information content (AvgIpc) is 2.62. The van der Waals surface area contributed by atoms with Crippen LogP contribution in [0.15, 0.2) is 34.9 Å². The van der Waals surface area contributed by atoms with Crippen molar-refractivity contribution in [2.45, 2.75) is 13.5 Å². The molecule has 0 unspecified atom stereocenters. The molecule has 1 heterocycles. The molecular weight excluding hydrogens is 282 g/mol. The molecule has 0 radical (unpaired) electrons. The first-order chi connectivity index (χ1) is 8.20. The van der Waals surface area contributed by atoms with Crippen molar-refractivity contribution < 1.29 is 4.74 Å². The molecule has 0 saturated carbocycles. The number of nitrogens with zero attached hydrogens (tertiary/aromatic N) is 2.